The van der Waals surface area contributed by atoms with Gasteiger partial charge in [-0.05, 0) is 34.9 Å². The molecule has 3 N–H and O–H groups in total. The molecule has 3 nitrogen and oxygen atoms in total. The van der Waals surface area contributed by atoms with Gasteiger partial charge in [-0.15, -0.1) is 0 Å². The van der Waals surface area contributed by atoms with Gasteiger partial charge in [0.2, 0.25) is 0 Å². The van der Waals surface area contributed by atoms with Gasteiger partial charge >= 0.3 is 0 Å². The lowest BCUT2D eigenvalue weighted by molar-refractivity contribution is 0.147. The molecule has 25 heavy (non-hydrogen) atoms. The van der Waals surface area contributed by atoms with Crippen LogP contribution >= 0.6 is 11.6 Å². The van der Waals surface area contributed by atoms with Crippen molar-refractivity contribution in [2.24, 2.45) is 5.73 Å². The molecule has 0 fully saturated rings. The Hall–Kier alpha value is -2.34. The Morgan fingerprint density at radius 2 is 1.60 bits per heavy atom. The Bertz CT molecular complexity index is 887. The standard InChI is InChI=1S/C19H15ClF2N2O/c20-16-6-5-13(8-17(16)22)18(23)19(25)12-3-1-11(2-4-12)14-7-15(21)10-24-9-14/h1-10,18-19,25H,23H2. The molecule has 0 aliphatic carbocycles. The van der Waals surface area contributed by atoms with Gasteiger partial charge < -0.3 is 10.8 Å². The van der Waals surface area contributed by atoms with Crippen LogP contribution in [0.4, 0.5) is 8.78 Å². The first-order valence-corrected chi connectivity index (χ1v) is 7.93. The van der Waals surface area contributed by atoms with E-state index in [1.807, 2.05) is 0 Å². The van der Waals surface area contributed by atoms with Crippen LogP contribution < -0.4 is 5.73 Å². The first-order valence-electron chi connectivity index (χ1n) is 7.55. The number of aliphatic hydroxyl groups is 1. The van der Waals surface area contributed by atoms with Crippen LogP contribution in [0.5, 0.6) is 0 Å². The van der Waals surface area contributed by atoms with Crippen molar-refractivity contribution in [3.63, 3.8) is 0 Å². The maximum Gasteiger partial charge on any atom is 0.142 e. The number of hydrogen-bond acceptors (Lipinski definition) is 3. The molecule has 0 aliphatic rings. The van der Waals surface area contributed by atoms with Gasteiger partial charge in [0.05, 0.1) is 23.4 Å². The summed E-state index contributed by atoms with van der Waals surface area (Å²) in [6, 6.07) is 11.6. The van der Waals surface area contributed by atoms with Gasteiger partial charge in [-0.1, -0.05) is 41.9 Å². The third kappa shape index (κ3) is 3.85. The second-order valence-electron chi connectivity index (χ2n) is 5.66. The maximum atomic E-state index is 13.6. The molecule has 0 bridgehead atoms. The molecule has 6 heteroatoms. The van der Waals surface area contributed by atoms with E-state index in [0.717, 1.165) is 11.8 Å². The van der Waals surface area contributed by atoms with E-state index in [9.17, 15) is 13.9 Å². The molecular formula is C19H15ClF2N2O. The summed E-state index contributed by atoms with van der Waals surface area (Å²) in [5, 5.41) is 10.5. The number of benzene rings is 2. The van der Waals surface area contributed by atoms with Crippen LogP contribution in [0.2, 0.25) is 5.02 Å². The minimum Gasteiger partial charge on any atom is -0.386 e. The van der Waals surface area contributed by atoms with E-state index >= 15 is 0 Å². The minimum atomic E-state index is -1.03. The first kappa shape index (κ1) is 17.5. The summed E-state index contributed by atoms with van der Waals surface area (Å²) in [6.45, 7) is 0. The molecule has 0 saturated heterocycles. The topological polar surface area (TPSA) is 59.1 Å². The van der Waals surface area contributed by atoms with Crippen molar-refractivity contribution in [1.82, 2.24) is 4.98 Å². The molecule has 1 aromatic heterocycles. The molecule has 0 saturated carbocycles. The molecule has 0 radical (unpaired) electrons. The number of nitrogens with zero attached hydrogens (tertiary/aromatic N) is 1. The van der Waals surface area contributed by atoms with E-state index in [4.69, 9.17) is 17.3 Å². The molecule has 2 atom stereocenters. The fraction of sp³-hybridized carbons (Fsp3) is 0.105. The second kappa shape index (κ2) is 7.27. The molecule has 0 spiro atoms. The SMILES string of the molecule is NC(c1ccc(Cl)c(F)c1)C(O)c1ccc(-c2cncc(F)c2)cc1. The zero-order chi connectivity index (χ0) is 18.0. The predicted molar refractivity (Wildman–Crippen MR) is 92.9 cm³/mol. The van der Waals surface area contributed by atoms with Crippen molar-refractivity contribution in [3.05, 3.63) is 88.7 Å². The average Bonchev–Trinajstić information content (AvgIpc) is 2.63. The highest BCUT2D eigenvalue weighted by Gasteiger charge is 2.20. The molecular weight excluding hydrogens is 346 g/mol. The van der Waals surface area contributed by atoms with Crippen LogP contribution in [-0.2, 0) is 0 Å². The van der Waals surface area contributed by atoms with E-state index in [1.165, 1.54) is 18.2 Å². The van der Waals surface area contributed by atoms with E-state index in [2.05, 4.69) is 4.98 Å². The van der Waals surface area contributed by atoms with Gasteiger partial charge in [-0.2, -0.15) is 0 Å². The van der Waals surface area contributed by atoms with Crippen molar-refractivity contribution >= 4 is 11.6 Å². The Kier molecular flexibility index (Phi) is 5.08. The monoisotopic (exact) mass is 360 g/mol. The summed E-state index contributed by atoms with van der Waals surface area (Å²) >= 11 is 5.66. The summed E-state index contributed by atoms with van der Waals surface area (Å²) < 4.78 is 26.8. The zero-order valence-electron chi connectivity index (χ0n) is 13.0. The highest BCUT2D eigenvalue weighted by atomic mass is 35.5. The third-order valence-electron chi connectivity index (χ3n) is 3.96. The lowest BCUT2D eigenvalue weighted by Gasteiger charge is -2.20. The predicted octanol–water partition coefficient (Wildman–Crippen LogP) is 4.41. The van der Waals surface area contributed by atoms with Crippen molar-refractivity contribution in [1.29, 1.82) is 0 Å². The molecule has 0 aliphatic heterocycles. The Labute approximate surface area is 148 Å². The van der Waals surface area contributed by atoms with Crippen molar-refractivity contribution in [3.8, 4) is 11.1 Å². The van der Waals surface area contributed by atoms with Gasteiger partial charge in [0.1, 0.15) is 11.6 Å². The van der Waals surface area contributed by atoms with Crippen LogP contribution in [-0.4, -0.2) is 10.1 Å². The minimum absolute atomic E-state index is 0.00139. The summed E-state index contributed by atoms with van der Waals surface area (Å²) in [5.74, 6) is -1.01. The number of halogens is 3. The van der Waals surface area contributed by atoms with Gasteiger partial charge in [0.15, 0.2) is 0 Å². The smallest absolute Gasteiger partial charge is 0.142 e. The number of nitrogens with two attached hydrogens (primary N) is 1. The van der Waals surface area contributed by atoms with Gasteiger partial charge in [-0.3, -0.25) is 4.98 Å². The molecule has 3 aromatic rings. The lowest BCUT2D eigenvalue weighted by atomic mass is 9.95. The van der Waals surface area contributed by atoms with Gasteiger partial charge in [-0.25, -0.2) is 8.78 Å². The molecule has 2 unspecified atom stereocenters. The largest absolute Gasteiger partial charge is 0.386 e. The first-order chi connectivity index (χ1) is 12.0. The number of hydrogen-bond donors (Lipinski definition) is 2. The van der Waals surface area contributed by atoms with E-state index < -0.39 is 23.8 Å². The van der Waals surface area contributed by atoms with E-state index in [-0.39, 0.29) is 5.02 Å². The fourth-order valence-corrected chi connectivity index (χ4v) is 2.67. The fourth-order valence-electron chi connectivity index (χ4n) is 2.55. The van der Waals surface area contributed by atoms with Gasteiger partial charge in [0.25, 0.3) is 0 Å². The summed E-state index contributed by atoms with van der Waals surface area (Å²) in [5.41, 5.74) is 8.43. The Morgan fingerprint density at radius 1 is 0.920 bits per heavy atom. The molecule has 3 rings (SSSR count). The summed E-state index contributed by atoms with van der Waals surface area (Å²) in [6.07, 6.45) is 1.66. The van der Waals surface area contributed by atoms with Gasteiger partial charge in [0, 0.05) is 11.8 Å². The highest BCUT2D eigenvalue weighted by Crippen LogP contribution is 2.30. The molecule has 2 aromatic carbocycles. The molecule has 0 amide bonds. The van der Waals surface area contributed by atoms with Crippen LogP contribution in [0, 0.1) is 11.6 Å². The van der Waals surface area contributed by atoms with Crippen LogP contribution in [0.15, 0.2) is 60.9 Å². The lowest BCUT2D eigenvalue weighted by Crippen LogP contribution is -2.19. The summed E-state index contributed by atoms with van der Waals surface area (Å²) in [4.78, 5) is 3.81. The number of pyridine rings is 1. The highest BCUT2D eigenvalue weighted by molar-refractivity contribution is 6.30. The molecule has 128 valence electrons. The maximum absolute atomic E-state index is 13.6. The van der Waals surface area contributed by atoms with Crippen LogP contribution in [0.3, 0.4) is 0 Å². The third-order valence-corrected chi connectivity index (χ3v) is 4.27. The normalized spacial score (nSPS) is 13.5. The second-order valence-corrected chi connectivity index (χ2v) is 6.07. The Balaban J connectivity index is 1.82. The number of rotatable bonds is 4. The molecule has 1 heterocycles. The van der Waals surface area contributed by atoms with E-state index in [1.54, 1.807) is 36.5 Å². The zero-order valence-corrected chi connectivity index (χ0v) is 13.8. The van der Waals surface area contributed by atoms with Crippen molar-refractivity contribution < 1.29 is 13.9 Å². The van der Waals surface area contributed by atoms with E-state index in [0.29, 0.717) is 16.7 Å². The summed E-state index contributed by atoms with van der Waals surface area (Å²) in [7, 11) is 0. The number of aliphatic hydroxyl groups excluding tert-OH is 1. The van der Waals surface area contributed by atoms with Crippen molar-refractivity contribution in [2.75, 3.05) is 0 Å². The Morgan fingerprint density at radius 3 is 2.24 bits per heavy atom. The van der Waals surface area contributed by atoms with Crippen molar-refractivity contribution in [2.45, 2.75) is 12.1 Å². The number of aromatic nitrogens is 1. The van der Waals surface area contributed by atoms with Crippen LogP contribution in [0.1, 0.15) is 23.3 Å². The van der Waals surface area contributed by atoms with Crippen LogP contribution in [0.25, 0.3) is 11.1 Å². The average molecular weight is 361 g/mol. The quantitative estimate of drug-likeness (QED) is 0.724.